The second-order valence-corrected chi connectivity index (χ2v) is 5.49. The lowest BCUT2D eigenvalue weighted by Crippen LogP contribution is -1.94. The van der Waals surface area contributed by atoms with Crippen molar-refractivity contribution in [2.45, 2.75) is 26.7 Å². The summed E-state index contributed by atoms with van der Waals surface area (Å²) in [7, 11) is 0. The van der Waals surface area contributed by atoms with Crippen LogP contribution < -0.4 is 4.74 Å². The third kappa shape index (κ3) is 3.20. The molecule has 0 aromatic heterocycles. The molecule has 0 aliphatic heterocycles. The molecule has 0 spiro atoms. The van der Waals surface area contributed by atoms with Crippen molar-refractivity contribution in [2.75, 3.05) is 0 Å². The molecular weight excluding hydrogens is 272 g/mol. The van der Waals surface area contributed by atoms with E-state index < -0.39 is 0 Å². The first kappa shape index (κ1) is 14.6. The van der Waals surface area contributed by atoms with E-state index in [2.05, 4.69) is 13.8 Å². The van der Waals surface area contributed by atoms with Crippen LogP contribution in [0.15, 0.2) is 36.4 Å². The predicted octanol–water partition coefficient (Wildman–Crippen LogP) is 5.38. The summed E-state index contributed by atoms with van der Waals surface area (Å²) in [4.78, 5) is 10.8. The number of rotatable bonds is 4. The molecule has 0 unspecified atom stereocenters. The molecule has 0 saturated heterocycles. The normalized spacial score (nSPS) is 10.7. The maximum Gasteiger partial charge on any atom is 0.150 e. The van der Waals surface area contributed by atoms with Crippen LogP contribution in [-0.4, -0.2) is 6.29 Å². The van der Waals surface area contributed by atoms with Gasteiger partial charge >= 0.3 is 0 Å². The molecule has 0 heterocycles. The van der Waals surface area contributed by atoms with Crippen LogP contribution in [0.2, 0.25) is 5.02 Å². The minimum Gasteiger partial charge on any atom is -0.457 e. The zero-order valence-electron chi connectivity index (χ0n) is 11.8. The van der Waals surface area contributed by atoms with Crippen molar-refractivity contribution in [1.29, 1.82) is 0 Å². The highest BCUT2D eigenvalue weighted by Gasteiger charge is 2.11. The van der Waals surface area contributed by atoms with Crippen molar-refractivity contribution in [1.82, 2.24) is 0 Å². The zero-order chi connectivity index (χ0) is 14.7. The quantitative estimate of drug-likeness (QED) is 0.706. The van der Waals surface area contributed by atoms with Gasteiger partial charge in [-0.25, -0.2) is 0 Å². The number of halogens is 1. The van der Waals surface area contributed by atoms with Gasteiger partial charge in [0, 0.05) is 10.6 Å². The molecule has 0 N–H and O–H groups in total. The molecule has 0 amide bonds. The lowest BCUT2D eigenvalue weighted by Gasteiger charge is -2.14. The van der Waals surface area contributed by atoms with Gasteiger partial charge in [-0.3, -0.25) is 4.79 Å². The van der Waals surface area contributed by atoms with E-state index in [1.165, 1.54) is 0 Å². The number of hydrogen-bond acceptors (Lipinski definition) is 2. The van der Waals surface area contributed by atoms with E-state index >= 15 is 0 Å². The van der Waals surface area contributed by atoms with E-state index in [4.69, 9.17) is 16.3 Å². The molecule has 0 saturated carbocycles. The smallest absolute Gasteiger partial charge is 0.150 e. The Balaban J connectivity index is 2.37. The van der Waals surface area contributed by atoms with Crippen LogP contribution in [0.4, 0.5) is 0 Å². The Labute approximate surface area is 124 Å². The molecule has 2 aromatic carbocycles. The first-order chi connectivity index (χ1) is 9.51. The molecule has 0 fully saturated rings. The van der Waals surface area contributed by atoms with Crippen molar-refractivity contribution in [3.05, 3.63) is 58.1 Å². The predicted molar refractivity (Wildman–Crippen MR) is 82.2 cm³/mol. The van der Waals surface area contributed by atoms with Crippen LogP contribution in [0.5, 0.6) is 11.5 Å². The SMILES string of the molecule is Cc1cc(Cl)c(C(C)C)cc1Oc1cccc(C=O)c1. The van der Waals surface area contributed by atoms with E-state index in [0.29, 0.717) is 17.2 Å². The molecule has 3 heteroatoms. The number of aryl methyl sites for hydroxylation is 1. The summed E-state index contributed by atoms with van der Waals surface area (Å²) in [5.74, 6) is 1.74. The highest BCUT2D eigenvalue weighted by Crippen LogP contribution is 2.33. The van der Waals surface area contributed by atoms with Gasteiger partial charge in [0.25, 0.3) is 0 Å². The van der Waals surface area contributed by atoms with Crippen molar-refractivity contribution in [3.8, 4) is 11.5 Å². The van der Waals surface area contributed by atoms with Gasteiger partial charge in [0.15, 0.2) is 0 Å². The Hall–Kier alpha value is -1.80. The van der Waals surface area contributed by atoms with E-state index in [0.717, 1.165) is 28.2 Å². The summed E-state index contributed by atoms with van der Waals surface area (Å²) in [5.41, 5.74) is 2.62. The van der Waals surface area contributed by atoms with Gasteiger partial charge in [-0.1, -0.05) is 37.6 Å². The highest BCUT2D eigenvalue weighted by molar-refractivity contribution is 6.31. The Morgan fingerprint density at radius 2 is 1.95 bits per heavy atom. The maximum absolute atomic E-state index is 10.8. The Kier molecular flexibility index (Phi) is 4.46. The Morgan fingerprint density at radius 1 is 1.20 bits per heavy atom. The molecule has 0 aliphatic rings. The number of aldehydes is 1. The third-order valence-electron chi connectivity index (χ3n) is 3.14. The average Bonchev–Trinajstić information content (AvgIpc) is 2.41. The first-order valence-corrected chi connectivity index (χ1v) is 6.92. The fourth-order valence-electron chi connectivity index (χ4n) is 2.00. The molecule has 0 radical (unpaired) electrons. The standard InChI is InChI=1S/C17H17ClO2/c1-11(2)15-9-17(12(3)7-16(15)18)20-14-6-4-5-13(8-14)10-19/h4-11H,1-3H3. The summed E-state index contributed by atoms with van der Waals surface area (Å²) in [5, 5.41) is 0.756. The van der Waals surface area contributed by atoms with Gasteiger partial charge in [-0.15, -0.1) is 0 Å². The van der Waals surface area contributed by atoms with Gasteiger partial charge in [0.1, 0.15) is 17.8 Å². The third-order valence-corrected chi connectivity index (χ3v) is 3.47. The molecular formula is C17H17ClO2. The topological polar surface area (TPSA) is 26.3 Å². The zero-order valence-corrected chi connectivity index (χ0v) is 12.6. The van der Waals surface area contributed by atoms with E-state index in [9.17, 15) is 4.79 Å². The number of carbonyl (C=O) groups excluding carboxylic acids is 1. The van der Waals surface area contributed by atoms with Crippen molar-refractivity contribution in [2.24, 2.45) is 0 Å². The van der Waals surface area contributed by atoms with Gasteiger partial charge in [0.2, 0.25) is 0 Å². The second kappa shape index (κ2) is 6.10. The fourth-order valence-corrected chi connectivity index (χ4v) is 2.44. The molecule has 0 bridgehead atoms. The van der Waals surface area contributed by atoms with Crippen LogP contribution in [0.25, 0.3) is 0 Å². The lowest BCUT2D eigenvalue weighted by molar-refractivity contribution is 0.112. The van der Waals surface area contributed by atoms with E-state index in [-0.39, 0.29) is 0 Å². The Bertz CT molecular complexity index is 633. The van der Waals surface area contributed by atoms with Crippen molar-refractivity contribution < 1.29 is 9.53 Å². The van der Waals surface area contributed by atoms with E-state index in [1.54, 1.807) is 18.2 Å². The summed E-state index contributed by atoms with van der Waals surface area (Å²) >= 11 is 6.25. The van der Waals surface area contributed by atoms with Gasteiger partial charge in [-0.2, -0.15) is 0 Å². The van der Waals surface area contributed by atoms with E-state index in [1.807, 2.05) is 25.1 Å². The monoisotopic (exact) mass is 288 g/mol. The van der Waals surface area contributed by atoms with Gasteiger partial charge in [0.05, 0.1) is 0 Å². The first-order valence-electron chi connectivity index (χ1n) is 6.54. The highest BCUT2D eigenvalue weighted by atomic mass is 35.5. The summed E-state index contributed by atoms with van der Waals surface area (Å²) in [6.07, 6.45) is 0.807. The Morgan fingerprint density at radius 3 is 2.60 bits per heavy atom. The largest absolute Gasteiger partial charge is 0.457 e. The second-order valence-electron chi connectivity index (χ2n) is 5.09. The van der Waals surface area contributed by atoms with Crippen molar-refractivity contribution >= 4 is 17.9 Å². The number of benzene rings is 2. The molecule has 2 nitrogen and oxygen atoms in total. The fraction of sp³-hybridized carbons (Fsp3) is 0.235. The van der Waals surface area contributed by atoms with Crippen LogP contribution >= 0.6 is 11.6 Å². The molecule has 2 aromatic rings. The van der Waals surface area contributed by atoms with Crippen LogP contribution in [0.1, 0.15) is 41.3 Å². The average molecular weight is 289 g/mol. The van der Waals surface area contributed by atoms with Gasteiger partial charge < -0.3 is 4.74 Å². The summed E-state index contributed by atoms with van der Waals surface area (Å²) in [6, 6.07) is 11.0. The van der Waals surface area contributed by atoms with Crippen LogP contribution in [-0.2, 0) is 0 Å². The molecule has 0 atom stereocenters. The number of hydrogen-bond donors (Lipinski definition) is 0. The number of carbonyl (C=O) groups is 1. The lowest BCUT2D eigenvalue weighted by atomic mass is 10.0. The van der Waals surface area contributed by atoms with Gasteiger partial charge in [-0.05, 0) is 48.2 Å². The van der Waals surface area contributed by atoms with Crippen LogP contribution in [0.3, 0.4) is 0 Å². The molecule has 2 rings (SSSR count). The minimum atomic E-state index is 0.326. The number of ether oxygens (including phenoxy) is 1. The molecule has 104 valence electrons. The minimum absolute atomic E-state index is 0.326. The maximum atomic E-state index is 10.8. The summed E-state index contributed by atoms with van der Waals surface area (Å²) in [6.45, 7) is 6.13. The van der Waals surface area contributed by atoms with Crippen molar-refractivity contribution in [3.63, 3.8) is 0 Å². The van der Waals surface area contributed by atoms with Crippen LogP contribution in [0, 0.1) is 6.92 Å². The molecule has 20 heavy (non-hydrogen) atoms. The molecule has 0 aliphatic carbocycles. The summed E-state index contributed by atoms with van der Waals surface area (Å²) < 4.78 is 5.88.